The van der Waals surface area contributed by atoms with E-state index < -0.39 is 0 Å². The van der Waals surface area contributed by atoms with Crippen molar-refractivity contribution >= 4 is 0 Å². The lowest BCUT2D eigenvalue weighted by molar-refractivity contribution is 0.117. The first-order valence-corrected chi connectivity index (χ1v) is 8.05. The van der Waals surface area contributed by atoms with Gasteiger partial charge < -0.3 is 14.6 Å². The molecule has 4 heteroatoms. The summed E-state index contributed by atoms with van der Waals surface area (Å²) in [5.41, 5.74) is 1.26. The number of furan rings is 1. The molecule has 112 valence electrons. The van der Waals surface area contributed by atoms with Gasteiger partial charge in [0.25, 0.3) is 0 Å². The van der Waals surface area contributed by atoms with Crippen LogP contribution in [0.15, 0.2) is 16.7 Å². The Morgan fingerprint density at radius 1 is 1.20 bits per heavy atom. The predicted octanol–water partition coefficient (Wildman–Crippen LogP) is 1.92. The van der Waals surface area contributed by atoms with Crippen LogP contribution in [-0.2, 0) is 13.1 Å². The molecule has 1 aromatic heterocycles. The fourth-order valence-corrected chi connectivity index (χ4v) is 2.89. The highest BCUT2D eigenvalue weighted by atomic mass is 16.3. The van der Waals surface area contributed by atoms with Crippen molar-refractivity contribution in [3.05, 3.63) is 23.7 Å². The van der Waals surface area contributed by atoms with E-state index in [1.54, 1.807) is 0 Å². The van der Waals surface area contributed by atoms with Crippen molar-refractivity contribution in [3.63, 3.8) is 0 Å². The normalized spacial score (nSPS) is 21.4. The molecule has 2 aliphatic rings. The van der Waals surface area contributed by atoms with Crippen LogP contribution >= 0.6 is 0 Å². The van der Waals surface area contributed by atoms with Gasteiger partial charge in [0.2, 0.25) is 0 Å². The van der Waals surface area contributed by atoms with Gasteiger partial charge in [-0.25, -0.2) is 0 Å². The molecular formula is C16H27N3O. The number of nitrogens with zero attached hydrogens (tertiary/aromatic N) is 2. The summed E-state index contributed by atoms with van der Waals surface area (Å²) in [6, 6.07) is 2.19. The summed E-state index contributed by atoms with van der Waals surface area (Å²) >= 11 is 0. The number of nitrogens with one attached hydrogen (secondary N) is 1. The lowest BCUT2D eigenvalue weighted by Crippen LogP contribution is -2.46. The monoisotopic (exact) mass is 277 g/mol. The van der Waals surface area contributed by atoms with E-state index in [0.29, 0.717) is 0 Å². The summed E-state index contributed by atoms with van der Waals surface area (Å²) in [7, 11) is 0. The first kappa shape index (κ1) is 14.1. The quantitative estimate of drug-likeness (QED) is 0.825. The van der Waals surface area contributed by atoms with Crippen molar-refractivity contribution < 1.29 is 4.42 Å². The molecular weight excluding hydrogens is 250 g/mol. The first-order valence-electron chi connectivity index (χ1n) is 8.05. The fraction of sp³-hybridized carbons (Fsp3) is 0.750. The van der Waals surface area contributed by atoms with Crippen LogP contribution in [0, 0.1) is 5.92 Å². The van der Waals surface area contributed by atoms with Crippen molar-refractivity contribution in [2.45, 2.75) is 32.9 Å². The van der Waals surface area contributed by atoms with E-state index >= 15 is 0 Å². The van der Waals surface area contributed by atoms with Crippen molar-refractivity contribution in [3.8, 4) is 0 Å². The van der Waals surface area contributed by atoms with Crippen molar-refractivity contribution in [2.75, 3.05) is 39.3 Å². The highest BCUT2D eigenvalue weighted by Crippen LogP contribution is 2.30. The van der Waals surface area contributed by atoms with E-state index in [1.807, 2.05) is 6.26 Å². The molecule has 0 aromatic carbocycles. The van der Waals surface area contributed by atoms with Gasteiger partial charge in [0.1, 0.15) is 5.76 Å². The molecule has 0 radical (unpaired) electrons. The molecule has 0 spiro atoms. The van der Waals surface area contributed by atoms with Gasteiger partial charge in [0.15, 0.2) is 0 Å². The Hall–Kier alpha value is -0.840. The topological polar surface area (TPSA) is 31.7 Å². The van der Waals surface area contributed by atoms with E-state index in [-0.39, 0.29) is 0 Å². The molecule has 1 aromatic rings. The smallest absolute Gasteiger partial charge is 0.118 e. The summed E-state index contributed by atoms with van der Waals surface area (Å²) in [6.07, 6.45) is 4.81. The molecule has 1 N–H and O–H groups in total. The minimum atomic E-state index is 0.912. The Bertz CT molecular complexity index is 406. The molecule has 4 nitrogen and oxygen atoms in total. The highest BCUT2D eigenvalue weighted by molar-refractivity contribution is 5.12. The Morgan fingerprint density at radius 2 is 1.95 bits per heavy atom. The first-order chi connectivity index (χ1) is 9.83. The maximum Gasteiger partial charge on any atom is 0.118 e. The Balaban J connectivity index is 1.40. The zero-order chi connectivity index (χ0) is 13.8. The molecule has 3 rings (SSSR count). The maximum atomic E-state index is 5.67. The Kier molecular flexibility index (Phi) is 4.76. The summed E-state index contributed by atoms with van der Waals surface area (Å²) in [6.45, 7) is 11.1. The molecule has 1 saturated heterocycles. The van der Waals surface area contributed by atoms with Crippen LogP contribution in [0.3, 0.4) is 0 Å². The third kappa shape index (κ3) is 4.08. The third-order valence-electron chi connectivity index (χ3n) is 4.34. The van der Waals surface area contributed by atoms with Crippen LogP contribution in [0.2, 0.25) is 0 Å². The molecule has 0 atom stereocenters. The van der Waals surface area contributed by atoms with Gasteiger partial charge in [-0.1, -0.05) is 6.92 Å². The second-order valence-electron chi connectivity index (χ2n) is 6.22. The van der Waals surface area contributed by atoms with Crippen molar-refractivity contribution in [1.29, 1.82) is 0 Å². The van der Waals surface area contributed by atoms with E-state index in [1.165, 1.54) is 51.1 Å². The predicted molar refractivity (Wildman–Crippen MR) is 80.5 cm³/mol. The van der Waals surface area contributed by atoms with E-state index in [2.05, 4.69) is 28.1 Å². The van der Waals surface area contributed by atoms with Crippen LogP contribution in [0.1, 0.15) is 31.1 Å². The van der Waals surface area contributed by atoms with Gasteiger partial charge in [-0.3, -0.25) is 4.90 Å². The summed E-state index contributed by atoms with van der Waals surface area (Å²) in [5.74, 6) is 2.12. The second kappa shape index (κ2) is 6.74. The molecule has 2 fully saturated rings. The Labute approximate surface area is 122 Å². The van der Waals surface area contributed by atoms with E-state index in [0.717, 1.165) is 31.3 Å². The van der Waals surface area contributed by atoms with Crippen molar-refractivity contribution in [1.82, 2.24) is 15.1 Å². The number of rotatable bonds is 7. The zero-order valence-electron chi connectivity index (χ0n) is 12.6. The summed E-state index contributed by atoms with van der Waals surface area (Å²) < 4.78 is 5.67. The minimum Gasteiger partial charge on any atom is -0.468 e. The van der Waals surface area contributed by atoms with Gasteiger partial charge in [0.05, 0.1) is 12.8 Å². The molecule has 1 aliphatic carbocycles. The van der Waals surface area contributed by atoms with Gasteiger partial charge in [-0.2, -0.15) is 0 Å². The Morgan fingerprint density at radius 3 is 2.65 bits per heavy atom. The standard InChI is InChI=1S/C16H27N3O/c1-2-17-10-15-9-16(20-13-15)12-19-7-5-18(6-8-19)11-14-3-4-14/h9,13-14,17H,2-8,10-12H2,1H3. The van der Waals surface area contributed by atoms with E-state index in [9.17, 15) is 0 Å². The van der Waals surface area contributed by atoms with Gasteiger partial charge in [-0.05, 0) is 31.4 Å². The molecule has 20 heavy (non-hydrogen) atoms. The van der Waals surface area contributed by atoms with E-state index in [4.69, 9.17) is 4.42 Å². The molecule has 0 amide bonds. The molecule has 1 aliphatic heterocycles. The highest BCUT2D eigenvalue weighted by Gasteiger charge is 2.26. The third-order valence-corrected chi connectivity index (χ3v) is 4.34. The van der Waals surface area contributed by atoms with Crippen LogP contribution in [0.25, 0.3) is 0 Å². The van der Waals surface area contributed by atoms with Gasteiger partial charge in [0, 0.05) is 44.8 Å². The summed E-state index contributed by atoms with van der Waals surface area (Å²) in [5, 5.41) is 3.33. The molecule has 1 saturated carbocycles. The van der Waals surface area contributed by atoms with Crippen LogP contribution in [-0.4, -0.2) is 49.1 Å². The second-order valence-corrected chi connectivity index (χ2v) is 6.22. The van der Waals surface area contributed by atoms with Crippen molar-refractivity contribution in [2.24, 2.45) is 5.92 Å². The van der Waals surface area contributed by atoms with Crippen LogP contribution in [0.4, 0.5) is 0 Å². The maximum absolute atomic E-state index is 5.67. The average molecular weight is 277 g/mol. The van der Waals surface area contributed by atoms with Crippen LogP contribution < -0.4 is 5.32 Å². The number of hydrogen-bond donors (Lipinski definition) is 1. The largest absolute Gasteiger partial charge is 0.468 e. The SMILES string of the molecule is CCNCc1coc(CN2CCN(CC3CC3)CC2)c1. The lowest BCUT2D eigenvalue weighted by Gasteiger charge is -2.34. The number of hydrogen-bond acceptors (Lipinski definition) is 4. The fourth-order valence-electron chi connectivity index (χ4n) is 2.89. The molecule has 0 unspecified atom stereocenters. The lowest BCUT2D eigenvalue weighted by atomic mass is 10.2. The number of piperazine rings is 1. The minimum absolute atomic E-state index is 0.912. The molecule has 0 bridgehead atoms. The summed E-state index contributed by atoms with van der Waals surface area (Å²) in [4.78, 5) is 5.15. The average Bonchev–Trinajstić information content (AvgIpc) is 3.17. The van der Waals surface area contributed by atoms with Gasteiger partial charge in [-0.15, -0.1) is 0 Å². The van der Waals surface area contributed by atoms with Gasteiger partial charge >= 0.3 is 0 Å². The zero-order valence-corrected chi connectivity index (χ0v) is 12.6. The molecule has 2 heterocycles. The van der Waals surface area contributed by atoms with Crippen LogP contribution in [0.5, 0.6) is 0 Å².